The average Bonchev–Trinajstić information content (AvgIpc) is 2.75. The molecule has 1 aliphatic carbocycles. The van der Waals surface area contributed by atoms with Crippen LogP contribution in [0.1, 0.15) is 30.0 Å². The van der Waals surface area contributed by atoms with Crippen molar-refractivity contribution >= 4 is 18.2 Å². The molecule has 15 heteroatoms. The summed E-state index contributed by atoms with van der Waals surface area (Å²) in [6.07, 6.45) is -10.8. The Morgan fingerprint density at radius 1 is 1.09 bits per heavy atom. The first kappa shape index (κ1) is 28.2. The first-order valence-electron chi connectivity index (χ1n) is 10.0. The number of fused-ring (bicyclic) bond motifs is 1. The number of esters is 1. The van der Waals surface area contributed by atoms with Crippen LogP contribution in [0.4, 0.5) is 31.1 Å². The second-order valence-corrected chi connectivity index (χ2v) is 7.04. The minimum absolute atomic E-state index is 0.0251. The molecular formula is C20H21F6NO8. The second-order valence-electron chi connectivity index (χ2n) is 7.04. The molecule has 0 bridgehead atoms. The number of aryl methyl sites for hydroxylation is 1. The summed E-state index contributed by atoms with van der Waals surface area (Å²) in [5.41, 5.74) is 0.795. The standard InChI is InChI=1S/C20H21F6NO8/c1-2-11-6-13(35-20(24,25)26)7-12-8-15(16(9-14(11)12)19(21,22)23)17(28)32-10-33-18(29)31-4-3-5-34-27-30/h6-8,16,27,30H,2-5,9-10H2,1H3. The number of carbonyl (C=O) groups excluding carboxylic acids is 2. The predicted molar refractivity (Wildman–Crippen MR) is 103 cm³/mol. The molecule has 196 valence electrons. The van der Waals surface area contributed by atoms with Gasteiger partial charge in [0.15, 0.2) is 0 Å². The Bertz CT molecular complexity index is 931. The number of rotatable bonds is 10. The van der Waals surface area contributed by atoms with Gasteiger partial charge in [-0.05, 0) is 47.7 Å². The van der Waals surface area contributed by atoms with Crippen LogP contribution in [-0.4, -0.2) is 49.9 Å². The molecule has 0 heterocycles. The second kappa shape index (κ2) is 12.1. The van der Waals surface area contributed by atoms with Crippen molar-refractivity contribution in [3.8, 4) is 5.75 Å². The Hall–Kier alpha value is -3.04. The number of carbonyl (C=O) groups is 2. The zero-order chi connectivity index (χ0) is 26.2. The molecule has 2 N–H and O–H groups in total. The molecule has 1 aliphatic rings. The van der Waals surface area contributed by atoms with Gasteiger partial charge in [0.2, 0.25) is 6.79 Å². The number of hydrogen-bond acceptors (Lipinski definition) is 9. The van der Waals surface area contributed by atoms with Crippen molar-refractivity contribution in [1.29, 1.82) is 0 Å². The zero-order valence-electron chi connectivity index (χ0n) is 18.1. The fourth-order valence-corrected chi connectivity index (χ4v) is 3.28. The molecule has 0 radical (unpaired) electrons. The van der Waals surface area contributed by atoms with E-state index in [9.17, 15) is 35.9 Å². The van der Waals surface area contributed by atoms with Gasteiger partial charge in [0.1, 0.15) is 5.75 Å². The molecule has 0 saturated heterocycles. The summed E-state index contributed by atoms with van der Waals surface area (Å²) in [4.78, 5) is 28.1. The van der Waals surface area contributed by atoms with Crippen molar-refractivity contribution < 1.29 is 64.9 Å². The highest BCUT2D eigenvalue weighted by atomic mass is 19.4. The Balaban J connectivity index is 2.16. The van der Waals surface area contributed by atoms with E-state index < -0.39 is 55.1 Å². The number of alkyl halides is 6. The van der Waals surface area contributed by atoms with Crippen LogP contribution in [0.3, 0.4) is 0 Å². The molecule has 35 heavy (non-hydrogen) atoms. The fraction of sp³-hybridized carbons (Fsp3) is 0.500. The SMILES string of the molecule is CCc1cc(OC(F)(F)F)cc2c1CC(C(F)(F)F)C(C(=O)OCOC(=O)OCCCONO)=C2. The Morgan fingerprint density at radius 2 is 1.80 bits per heavy atom. The normalized spacial score (nSPS) is 15.7. The summed E-state index contributed by atoms with van der Waals surface area (Å²) < 4.78 is 96.5. The highest BCUT2D eigenvalue weighted by Gasteiger charge is 2.47. The van der Waals surface area contributed by atoms with Crippen molar-refractivity contribution in [1.82, 2.24) is 5.64 Å². The first-order chi connectivity index (χ1) is 16.4. The van der Waals surface area contributed by atoms with Gasteiger partial charge in [0.25, 0.3) is 0 Å². The zero-order valence-corrected chi connectivity index (χ0v) is 18.1. The minimum Gasteiger partial charge on any atom is -0.434 e. The Kier molecular flexibility index (Phi) is 9.73. The van der Waals surface area contributed by atoms with Gasteiger partial charge < -0.3 is 18.9 Å². The topological polar surface area (TPSA) is 113 Å². The molecule has 0 fully saturated rings. The summed E-state index contributed by atoms with van der Waals surface area (Å²) in [5.74, 6) is -4.42. The van der Waals surface area contributed by atoms with Gasteiger partial charge in [-0.1, -0.05) is 12.6 Å². The van der Waals surface area contributed by atoms with Crippen molar-refractivity contribution in [3.05, 3.63) is 34.4 Å². The average molecular weight is 517 g/mol. The Morgan fingerprint density at radius 3 is 2.40 bits per heavy atom. The van der Waals surface area contributed by atoms with Crippen LogP contribution in [0.25, 0.3) is 6.08 Å². The lowest BCUT2D eigenvalue weighted by atomic mass is 9.80. The van der Waals surface area contributed by atoms with Crippen molar-refractivity contribution in [2.45, 2.75) is 38.7 Å². The summed E-state index contributed by atoms with van der Waals surface area (Å²) in [5, 5.41) is 8.18. The van der Waals surface area contributed by atoms with Crippen LogP contribution < -0.4 is 10.4 Å². The molecule has 0 amide bonds. The van der Waals surface area contributed by atoms with E-state index >= 15 is 0 Å². The molecule has 0 saturated carbocycles. The third-order valence-electron chi connectivity index (χ3n) is 4.73. The molecule has 9 nitrogen and oxygen atoms in total. The highest BCUT2D eigenvalue weighted by Crippen LogP contribution is 2.42. The van der Waals surface area contributed by atoms with Gasteiger partial charge in [0, 0.05) is 6.42 Å². The maximum absolute atomic E-state index is 13.7. The number of ether oxygens (including phenoxy) is 4. The minimum atomic E-state index is -5.03. The van der Waals surface area contributed by atoms with Crippen molar-refractivity contribution in [2.24, 2.45) is 5.92 Å². The summed E-state index contributed by atoms with van der Waals surface area (Å²) in [6, 6.07) is 1.88. The van der Waals surface area contributed by atoms with E-state index in [1.54, 1.807) is 6.92 Å². The van der Waals surface area contributed by atoms with E-state index in [4.69, 9.17) is 5.21 Å². The molecule has 1 unspecified atom stereocenters. The largest absolute Gasteiger partial charge is 0.573 e. The molecule has 0 aromatic heterocycles. The van der Waals surface area contributed by atoms with E-state index in [0.29, 0.717) is 0 Å². The predicted octanol–water partition coefficient (Wildman–Crippen LogP) is 4.22. The van der Waals surface area contributed by atoms with E-state index in [2.05, 4.69) is 23.8 Å². The molecule has 2 rings (SSSR count). The van der Waals surface area contributed by atoms with Crippen LogP contribution in [0, 0.1) is 5.92 Å². The van der Waals surface area contributed by atoms with Gasteiger partial charge in [-0.2, -0.15) is 13.2 Å². The lowest BCUT2D eigenvalue weighted by molar-refractivity contribution is -0.274. The number of hydrogen-bond donors (Lipinski definition) is 2. The van der Waals surface area contributed by atoms with Crippen LogP contribution in [-0.2, 0) is 36.7 Å². The van der Waals surface area contributed by atoms with E-state index in [-0.39, 0.29) is 42.7 Å². The maximum atomic E-state index is 13.7. The number of halogens is 6. The van der Waals surface area contributed by atoms with Crippen LogP contribution >= 0.6 is 0 Å². The lowest BCUT2D eigenvalue weighted by Gasteiger charge is -2.28. The smallest absolute Gasteiger partial charge is 0.434 e. The number of nitrogens with one attached hydrogen (secondary N) is 1. The Labute approximate surface area is 194 Å². The van der Waals surface area contributed by atoms with E-state index in [0.717, 1.165) is 18.2 Å². The van der Waals surface area contributed by atoms with Crippen molar-refractivity contribution in [2.75, 3.05) is 20.0 Å². The quantitative estimate of drug-likeness (QED) is 0.155. The maximum Gasteiger partial charge on any atom is 0.573 e. The fourth-order valence-electron chi connectivity index (χ4n) is 3.28. The van der Waals surface area contributed by atoms with E-state index in [1.807, 2.05) is 0 Å². The van der Waals surface area contributed by atoms with Gasteiger partial charge in [-0.3, -0.25) is 10.0 Å². The summed E-state index contributed by atoms with van der Waals surface area (Å²) in [7, 11) is 0. The lowest BCUT2D eigenvalue weighted by Crippen LogP contribution is -2.33. The monoisotopic (exact) mass is 517 g/mol. The third-order valence-corrected chi connectivity index (χ3v) is 4.73. The summed E-state index contributed by atoms with van der Waals surface area (Å²) >= 11 is 0. The molecule has 1 aromatic carbocycles. The molecule has 0 aliphatic heterocycles. The molecular weight excluding hydrogens is 496 g/mol. The van der Waals surface area contributed by atoms with Crippen LogP contribution in [0.15, 0.2) is 17.7 Å². The van der Waals surface area contributed by atoms with E-state index in [1.165, 1.54) is 5.64 Å². The third kappa shape index (κ3) is 8.60. The molecule has 1 aromatic rings. The summed E-state index contributed by atoms with van der Waals surface area (Å²) in [6.45, 7) is 0.256. The van der Waals surface area contributed by atoms with Crippen molar-refractivity contribution in [3.63, 3.8) is 0 Å². The molecule has 0 spiro atoms. The van der Waals surface area contributed by atoms with Gasteiger partial charge in [-0.15, -0.1) is 13.2 Å². The van der Waals surface area contributed by atoms with Gasteiger partial charge in [0.05, 0.1) is 24.7 Å². The highest BCUT2D eigenvalue weighted by molar-refractivity contribution is 5.95. The molecule has 1 atom stereocenters. The van der Waals surface area contributed by atoms with Gasteiger partial charge >= 0.3 is 24.7 Å². The first-order valence-corrected chi connectivity index (χ1v) is 10.0. The van der Waals surface area contributed by atoms with Gasteiger partial charge in [-0.25, -0.2) is 9.59 Å². The number of benzene rings is 1. The van der Waals surface area contributed by atoms with Crippen LogP contribution in [0.2, 0.25) is 0 Å². The van der Waals surface area contributed by atoms with Crippen LogP contribution in [0.5, 0.6) is 5.75 Å².